The summed E-state index contributed by atoms with van der Waals surface area (Å²) in [4.78, 5) is 4.25. The summed E-state index contributed by atoms with van der Waals surface area (Å²) in [7, 11) is 0. The van der Waals surface area contributed by atoms with Gasteiger partial charge in [0.15, 0.2) is 0 Å². The predicted octanol–water partition coefficient (Wildman–Crippen LogP) is 3.01. The lowest BCUT2D eigenvalue weighted by atomic mass is 10.0. The molecule has 2 aromatic rings. The van der Waals surface area contributed by atoms with Crippen LogP contribution in [0.25, 0.3) is 11.3 Å². The van der Waals surface area contributed by atoms with Gasteiger partial charge in [0.05, 0.1) is 5.51 Å². The molecule has 0 saturated carbocycles. The molecule has 0 aliphatic heterocycles. The van der Waals surface area contributed by atoms with Crippen LogP contribution in [0.3, 0.4) is 0 Å². The second kappa shape index (κ2) is 3.42. The highest BCUT2D eigenvalue weighted by Gasteiger charge is 2.05. The minimum Gasteiger partial charge on any atom is -0.389 e. The molecular formula is C11H12N2S. The van der Waals surface area contributed by atoms with Gasteiger partial charge >= 0.3 is 0 Å². The lowest BCUT2D eigenvalue weighted by molar-refractivity contribution is 1.32. The van der Waals surface area contributed by atoms with E-state index < -0.39 is 0 Å². The van der Waals surface area contributed by atoms with Crippen molar-refractivity contribution >= 4 is 16.3 Å². The van der Waals surface area contributed by atoms with E-state index in [2.05, 4.69) is 37.0 Å². The van der Waals surface area contributed by atoms with Crippen molar-refractivity contribution in [2.45, 2.75) is 13.8 Å². The van der Waals surface area contributed by atoms with Crippen molar-refractivity contribution in [1.29, 1.82) is 0 Å². The zero-order valence-corrected chi connectivity index (χ0v) is 9.06. The second-order valence-electron chi connectivity index (χ2n) is 3.36. The van der Waals surface area contributed by atoms with Gasteiger partial charge in [0, 0.05) is 5.56 Å². The minimum absolute atomic E-state index is 0.785. The van der Waals surface area contributed by atoms with Crippen molar-refractivity contribution in [3.8, 4) is 11.3 Å². The van der Waals surface area contributed by atoms with Crippen LogP contribution in [0.1, 0.15) is 11.1 Å². The van der Waals surface area contributed by atoms with E-state index in [1.54, 1.807) is 5.51 Å². The molecule has 0 saturated heterocycles. The highest BCUT2D eigenvalue weighted by Crippen LogP contribution is 2.28. The molecule has 72 valence electrons. The Bertz CT molecular complexity index is 460. The molecule has 0 aliphatic carbocycles. The molecule has 0 spiro atoms. The van der Waals surface area contributed by atoms with E-state index >= 15 is 0 Å². The number of nitrogens with two attached hydrogens (primary N) is 1. The molecule has 1 heterocycles. The average molecular weight is 204 g/mol. The molecule has 1 aromatic heterocycles. The summed E-state index contributed by atoms with van der Waals surface area (Å²) < 4.78 is 0. The molecule has 0 aliphatic rings. The number of nitrogen functional groups attached to an aromatic ring is 1. The number of aryl methyl sites for hydroxylation is 2. The molecule has 2 rings (SSSR count). The first-order chi connectivity index (χ1) is 6.68. The number of hydrogen-bond donors (Lipinski definition) is 1. The fourth-order valence-corrected chi connectivity index (χ4v) is 1.91. The summed E-state index contributed by atoms with van der Waals surface area (Å²) >= 11 is 1.48. The number of benzene rings is 1. The number of thiazole rings is 1. The average Bonchev–Trinajstić information content (AvgIpc) is 2.57. The first kappa shape index (κ1) is 9.21. The molecule has 2 N–H and O–H groups in total. The Morgan fingerprint density at radius 1 is 1.21 bits per heavy atom. The number of nitrogens with zero attached hydrogens (tertiary/aromatic N) is 1. The Kier molecular flexibility index (Phi) is 2.25. The largest absolute Gasteiger partial charge is 0.389 e. The Morgan fingerprint density at radius 2 is 2.00 bits per heavy atom. The van der Waals surface area contributed by atoms with Gasteiger partial charge in [-0.1, -0.05) is 12.1 Å². The highest BCUT2D eigenvalue weighted by molar-refractivity contribution is 7.14. The molecule has 0 unspecified atom stereocenters. The van der Waals surface area contributed by atoms with Crippen molar-refractivity contribution in [2.24, 2.45) is 0 Å². The fraction of sp³-hybridized carbons (Fsp3) is 0.182. The molecule has 0 amide bonds. The maximum absolute atomic E-state index is 5.82. The number of hydrogen-bond acceptors (Lipinski definition) is 3. The molecule has 0 atom stereocenters. The summed E-state index contributed by atoms with van der Waals surface area (Å²) in [5.41, 5.74) is 12.2. The van der Waals surface area contributed by atoms with Crippen LogP contribution in [0.2, 0.25) is 0 Å². The Hall–Kier alpha value is -1.35. The second-order valence-corrected chi connectivity index (χ2v) is 4.25. The first-order valence-electron chi connectivity index (χ1n) is 4.45. The molecule has 0 bridgehead atoms. The lowest BCUT2D eigenvalue weighted by Gasteiger charge is -2.03. The third kappa shape index (κ3) is 1.51. The highest BCUT2D eigenvalue weighted by atomic mass is 32.1. The van der Waals surface area contributed by atoms with Crippen molar-refractivity contribution in [3.05, 3.63) is 34.8 Å². The third-order valence-electron chi connectivity index (χ3n) is 2.38. The van der Waals surface area contributed by atoms with Gasteiger partial charge in [0.1, 0.15) is 10.7 Å². The molecule has 1 aromatic carbocycles. The monoisotopic (exact) mass is 204 g/mol. The van der Waals surface area contributed by atoms with Crippen LogP contribution in [-0.2, 0) is 0 Å². The number of aromatic nitrogens is 1. The lowest BCUT2D eigenvalue weighted by Crippen LogP contribution is -1.87. The smallest absolute Gasteiger partial charge is 0.114 e. The van der Waals surface area contributed by atoms with Crippen molar-refractivity contribution in [2.75, 3.05) is 5.73 Å². The van der Waals surface area contributed by atoms with Crippen LogP contribution in [0.5, 0.6) is 0 Å². The van der Waals surface area contributed by atoms with E-state index in [-0.39, 0.29) is 0 Å². The van der Waals surface area contributed by atoms with Gasteiger partial charge < -0.3 is 5.73 Å². The van der Waals surface area contributed by atoms with Crippen molar-refractivity contribution in [3.63, 3.8) is 0 Å². The van der Waals surface area contributed by atoms with Gasteiger partial charge in [-0.2, -0.15) is 0 Å². The van der Waals surface area contributed by atoms with Gasteiger partial charge in [0.25, 0.3) is 0 Å². The quantitative estimate of drug-likeness (QED) is 0.775. The topological polar surface area (TPSA) is 38.9 Å². The van der Waals surface area contributed by atoms with Crippen molar-refractivity contribution < 1.29 is 0 Å². The maximum atomic E-state index is 5.82. The standard InChI is InChI=1S/C11H12N2S/c1-7-3-4-9(5-8(7)2)10-11(12)14-6-13-10/h3-6H,12H2,1-2H3. The summed E-state index contributed by atoms with van der Waals surface area (Å²) in [5, 5.41) is 0.785. The van der Waals surface area contributed by atoms with Gasteiger partial charge in [-0.3, -0.25) is 0 Å². The van der Waals surface area contributed by atoms with Gasteiger partial charge in [-0.05, 0) is 31.0 Å². The summed E-state index contributed by atoms with van der Waals surface area (Å²) in [5.74, 6) is 0. The van der Waals surface area contributed by atoms with Crippen LogP contribution in [-0.4, -0.2) is 4.98 Å². The number of anilines is 1. The third-order valence-corrected chi connectivity index (χ3v) is 3.03. The van der Waals surface area contributed by atoms with E-state index in [0.717, 1.165) is 16.3 Å². The van der Waals surface area contributed by atoms with Crippen molar-refractivity contribution in [1.82, 2.24) is 4.98 Å². The Morgan fingerprint density at radius 3 is 2.57 bits per heavy atom. The minimum atomic E-state index is 0.785. The van der Waals surface area contributed by atoms with E-state index in [0.29, 0.717) is 0 Å². The summed E-state index contributed by atoms with van der Waals surface area (Å²) in [6.45, 7) is 4.20. The summed E-state index contributed by atoms with van der Waals surface area (Å²) in [6.07, 6.45) is 0. The molecular weight excluding hydrogens is 192 g/mol. The van der Waals surface area contributed by atoms with E-state index in [4.69, 9.17) is 5.73 Å². The van der Waals surface area contributed by atoms with Crippen LogP contribution < -0.4 is 5.73 Å². The van der Waals surface area contributed by atoms with Gasteiger partial charge in [-0.15, -0.1) is 11.3 Å². The summed E-state index contributed by atoms with van der Waals surface area (Å²) in [6, 6.07) is 6.29. The Labute approximate surface area is 87.4 Å². The SMILES string of the molecule is Cc1ccc(-c2ncsc2N)cc1C. The van der Waals surface area contributed by atoms with Crippen LogP contribution in [0, 0.1) is 13.8 Å². The molecule has 0 fully saturated rings. The molecule has 0 radical (unpaired) electrons. The van der Waals surface area contributed by atoms with Crippen LogP contribution in [0.4, 0.5) is 5.00 Å². The maximum Gasteiger partial charge on any atom is 0.114 e. The van der Waals surface area contributed by atoms with Gasteiger partial charge in [-0.25, -0.2) is 4.98 Å². The van der Waals surface area contributed by atoms with Crippen LogP contribution in [0.15, 0.2) is 23.7 Å². The first-order valence-corrected chi connectivity index (χ1v) is 5.33. The fourth-order valence-electron chi connectivity index (χ4n) is 1.36. The van der Waals surface area contributed by atoms with E-state index in [1.807, 2.05) is 0 Å². The zero-order valence-electron chi connectivity index (χ0n) is 8.24. The van der Waals surface area contributed by atoms with Gasteiger partial charge in [0.2, 0.25) is 0 Å². The zero-order chi connectivity index (χ0) is 10.1. The Balaban J connectivity index is 2.53. The molecule has 14 heavy (non-hydrogen) atoms. The molecule has 2 nitrogen and oxygen atoms in total. The van der Waals surface area contributed by atoms with Crippen LogP contribution >= 0.6 is 11.3 Å². The molecule has 3 heteroatoms. The van der Waals surface area contributed by atoms with E-state index in [9.17, 15) is 0 Å². The number of rotatable bonds is 1. The predicted molar refractivity (Wildman–Crippen MR) is 61.4 cm³/mol. The normalized spacial score (nSPS) is 10.4. The van der Waals surface area contributed by atoms with E-state index in [1.165, 1.54) is 22.5 Å².